The molecule has 0 heterocycles. The Morgan fingerprint density at radius 1 is 1.20 bits per heavy atom. The van der Waals surface area contributed by atoms with Crippen LogP contribution < -0.4 is 11.1 Å². The number of hydrogen-bond donors (Lipinski definition) is 2. The van der Waals surface area contributed by atoms with E-state index in [2.05, 4.69) is 5.32 Å². The van der Waals surface area contributed by atoms with Crippen molar-refractivity contribution in [3.63, 3.8) is 0 Å². The van der Waals surface area contributed by atoms with E-state index < -0.39 is 5.82 Å². The number of halogens is 1. The van der Waals surface area contributed by atoms with Gasteiger partial charge in [-0.05, 0) is 37.3 Å². The number of thiocarbonyl (C=S) groups is 1. The van der Waals surface area contributed by atoms with Gasteiger partial charge in [0, 0.05) is 11.1 Å². The molecule has 2 rings (SSSR count). The third-order valence-corrected chi connectivity index (χ3v) is 3.02. The number of nitrogens with one attached hydrogen (secondary N) is 1. The monoisotopic (exact) mass is 288 g/mol. The fraction of sp³-hybridized carbons (Fsp3) is 0.0667. The summed E-state index contributed by atoms with van der Waals surface area (Å²) in [6.45, 7) is 1.88. The van der Waals surface area contributed by atoms with Crippen molar-refractivity contribution >= 4 is 28.8 Å². The number of benzene rings is 2. The molecule has 0 aliphatic rings. The molecule has 0 saturated heterocycles. The number of carbonyl (C=O) groups excluding carboxylic acids is 1. The topological polar surface area (TPSA) is 55.1 Å². The lowest BCUT2D eigenvalue weighted by atomic mass is 10.1. The average Bonchev–Trinajstić information content (AvgIpc) is 2.40. The summed E-state index contributed by atoms with van der Waals surface area (Å²) in [6, 6.07) is 11.3. The predicted octanol–water partition coefficient (Wildman–Crippen LogP) is 3.02. The lowest BCUT2D eigenvalue weighted by Gasteiger charge is -2.08. The number of aryl methyl sites for hydroxylation is 1. The molecule has 3 nitrogen and oxygen atoms in total. The second-order valence-electron chi connectivity index (χ2n) is 4.38. The Hall–Kier alpha value is -2.27. The van der Waals surface area contributed by atoms with Gasteiger partial charge < -0.3 is 11.1 Å². The fourth-order valence-electron chi connectivity index (χ4n) is 1.75. The molecule has 0 fully saturated rings. The standard InChI is InChI=1S/C15H13FN2OS/c1-9-3-2-4-11(7-9)15(19)18-13-6-5-10(14(17)20)8-12(13)16/h2-8H,1H3,(H2,17,20)(H,18,19). The molecule has 0 unspecified atom stereocenters. The zero-order chi connectivity index (χ0) is 14.7. The number of amides is 1. The van der Waals surface area contributed by atoms with Gasteiger partial charge in [-0.2, -0.15) is 0 Å². The quantitative estimate of drug-likeness (QED) is 0.854. The van der Waals surface area contributed by atoms with Crippen molar-refractivity contribution < 1.29 is 9.18 Å². The molecule has 2 aromatic carbocycles. The molecule has 0 aromatic heterocycles. The van der Waals surface area contributed by atoms with Crippen molar-refractivity contribution in [1.82, 2.24) is 0 Å². The Morgan fingerprint density at radius 2 is 1.95 bits per heavy atom. The van der Waals surface area contributed by atoms with Crippen LogP contribution in [0.4, 0.5) is 10.1 Å². The number of hydrogen-bond acceptors (Lipinski definition) is 2. The average molecular weight is 288 g/mol. The van der Waals surface area contributed by atoms with Crippen molar-refractivity contribution in [2.45, 2.75) is 6.92 Å². The molecule has 5 heteroatoms. The summed E-state index contributed by atoms with van der Waals surface area (Å²) in [5, 5.41) is 2.52. The van der Waals surface area contributed by atoms with Crippen LogP contribution in [0.2, 0.25) is 0 Å². The van der Waals surface area contributed by atoms with Gasteiger partial charge in [-0.25, -0.2) is 4.39 Å². The highest BCUT2D eigenvalue weighted by Crippen LogP contribution is 2.17. The minimum Gasteiger partial charge on any atom is -0.389 e. The van der Waals surface area contributed by atoms with Gasteiger partial charge in [0.1, 0.15) is 10.8 Å². The Bertz CT molecular complexity index is 685. The smallest absolute Gasteiger partial charge is 0.255 e. The van der Waals surface area contributed by atoms with E-state index >= 15 is 0 Å². The lowest BCUT2D eigenvalue weighted by Crippen LogP contribution is -2.14. The first-order chi connectivity index (χ1) is 9.47. The van der Waals surface area contributed by atoms with Crippen LogP contribution in [0.25, 0.3) is 0 Å². The minimum atomic E-state index is -0.573. The van der Waals surface area contributed by atoms with Gasteiger partial charge >= 0.3 is 0 Å². The van der Waals surface area contributed by atoms with E-state index in [1.165, 1.54) is 12.1 Å². The third kappa shape index (κ3) is 3.19. The summed E-state index contributed by atoms with van der Waals surface area (Å²) in [6.07, 6.45) is 0. The molecule has 0 spiro atoms. The van der Waals surface area contributed by atoms with Gasteiger partial charge in [0.05, 0.1) is 5.69 Å². The molecule has 0 saturated carbocycles. The van der Waals surface area contributed by atoms with E-state index in [4.69, 9.17) is 18.0 Å². The summed E-state index contributed by atoms with van der Waals surface area (Å²) >= 11 is 4.77. The summed E-state index contributed by atoms with van der Waals surface area (Å²) in [4.78, 5) is 12.1. The molecule has 20 heavy (non-hydrogen) atoms. The van der Waals surface area contributed by atoms with Crippen molar-refractivity contribution in [3.8, 4) is 0 Å². The first kappa shape index (κ1) is 14.1. The second-order valence-corrected chi connectivity index (χ2v) is 4.82. The zero-order valence-electron chi connectivity index (χ0n) is 10.8. The molecule has 0 aliphatic heterocycles. The van der Waals surface area contributed by atoms with E-state index in [-0.39, 0.29) is 16.6 Å². The first-order valence-electron chi connectivity index (χ1n) is 5.95. The highest BCUT2D eigenvalue weighted by molar-refractivity contribution is 7.80. The summed E-state index contributed by atoms with van der Waals surface area (Å²) in [5.41, 5.74) is 7.37. The molecule has 0 aliphatic carbocycles. The van der Waals surface area contributed by atoms with Gasteiger partial charge in [0.15, 0.2) is 0 Å². The van der Waals surface area contributed by atoms with Gasteiger partial charge in [-0.1, -0.05) is 29.9 Å². The molecule has 102 valence electrons. The molecule has 3 N–H and O–H groups in total. The Balaban J connectivity index is 2.22. The number of carbonyl (C=O) groups is 1. The third-order valence-electron chi connectivity index (χ3n) is 2.78. The lowest BCUT2D eigenvalue weighted by molar-refractivity contribution is 0.102. The van der Waals surface area contributed by atoms with Crippen LogP contribution >= 0.6 is 12.2 Å². The van der Waals surface area contributed by atoms with E-state index in [1.54, 1.807) is 24.3 Å². The van der Waals surface area contributed by atoms with Crippen LogP contribution in [0.5, 0.6) is 0 Å². The van der Waals surface area contributed by atoms with Crippen molar-refractivity contribution in [3.05, 3.63) is 65.0 Å². The predicted molar refractivity (Wildman–Crippen MR) is 81.4 cm³/mol. The molecule has 0 bridgehead atoms. The van der Waals surface area contributed by atoms with E-state index in [9.17, 15) is 9.18 Å². The maximum Gasteiger partial charge on any atom is 0.255 e. The van der Waals surface area contributed by atoms with Crippen molar-refractivity contribution in [2.75, 3.05) is 5.32 Å². The maximum absolute atomic E-state index is 13.8. The minimum absolute atomic E-state index is 0.0940. The summed E-state index contributed by atoms with van der Waals surface area (Å²) < 4.78 is 13.8. The SMILES string of the molecule is Cc1cccc(C(=O)Nc2ccc(C(N)=S)cc2F)c1. The van der Waals surface area contributed by atoms with Crippen LogP contribution in [-0.2, 0) is 0 Å². The molecule has 2 aromatic rings. The normalized spacial score (nSPS) is 10.1. The van der Waals surface area contributed by atoms with Crippen LogP contribution in [0.1, 0.15) is 21.5 Å². The van der Waals surface area contributed by atoms with Crippen molar-refractivity contribution in [1.29, 1.82) is 0 Å². The van der Waals surface area contributed by atoms with Gasteiger partial charge in [0.2, 0.25) is 0 Å². The first-order valence-corrected chi connectivity index (χ1v) is 6.35. The Morgan fingerprint density at radius 3 is 2.55 bits per heavy atom. The Labute approximate surface area is 121 Å². The van der Waals surface area contributed by atoms with Gasteiger partial charge in [-0.15, -0.1) is 0 Å². The number of nitrogens with two attached hydrogens (primary N) is 1. The van der Waals surface area contributed by atoms with Crippen LogP contribution in [0.15, 0.2) is 42.5 Å². The molecular formula is C15H13FN2OS. The largest absolute Gasteiger partial charge is 0.389 e. The van der Waals surface area contributed by atoms with E-state index in [0.717, 1.165) is 5.56 Å². The van der Waals surface area contributed by atoms with Crippen molar-refractivity contribution in [2.24, 2.45) is 5.73 Å². The highest BCUT2D eigenvalue weighted by Gasteiger charge is 2.10. The highest BCUT2D eigenvalue weighted by atomic mass is 32.1. The molecule has 0 radical (unpaired) electrons. The number of anilines is 1. The molecule has 1 amide bonds. The van der Waals surface area contributed by atoms with Gasteiger partial charge in [-0.3, -0.25) is 4.79 Å². The fourth-order valence-corrected chi connectivity index (χ4v) is 1.88. The van der Waals surface area contributed by atoms with E-state index in [0.29, 0.717) is 11.1 Å². The molecular weight excluding hydrogens is 275 g/mol. The summed E-state index contributed by atoms with van der Waals surface area (Å²) in [7, 11) is 0. The zero-order valence-corrected chi connectivity index (χ0v) is 11.6. The molecule has 0 atom stereocenters. The Kier molecular flexibility index (Phi) is 4.10. The van der Waals surface area contributed by atoms with Crippen LogP contribution in [-0.4, -0.2) is 10.9 Å². The van der Waals surface area contributed by atoms with E-state index in [1.807, 2.05) is 13.0 Å². The maximum atomic E-state index is 13.8. The van der Waals surface area contributed by atoms with Crippen LogP contribution in [0.3, 0.4) is 0 Å². The van der Waals surface area contributed by atoms with Crippen LogP contribution in [0, 0.1) is 12.7 Å². The number of rotatable bonds is 3. The second kappa shape index (κ2) is 5.79. The summed E-state index contributed by atoms with van der Waals surface area (Å²) in [5.74, 6) is -0.938. The van der Waals surface area contributed by atoms with Gasteiger partial charge in [0.25, 0.3) is 5.91 Å².